The molecule has 0 radical (unpaired) electrons. The monoisotopic (exact) mass is 350 g/mol. The number of carbonyl (C=O) groups excluding carboxylic acids is 2. The summed E-state index contributed by atoms with van der Waals surface area (Å²) in [5, 5.41) is 0. The molecule has 0 spiro atoms. The highest BCUT2D eigenvalue weighted by atomic mass is 16.1. The van der Waals surface area contributed by atoms with Gasteiger partial charge in [0.15, 0.2) is 11.6 Å². The van der Waals surface area contributed by atoms with E-state index in [-0.39, 0.29) is 11.6 Å². The van der Waals surface area contributed by atoms with E-state index in [4.69, 9.17) is 0 Å². The molecule has 2 heteroatoms. The van der Waals surface area contributed by atoms with Crippen LogP contribution in [0.5, 0.6) is 0 Å². The van der Waals surface area contributed by atoms with Crippen LogP contribution in [0.2, 0.25) is 0 Å². The van der Waals surface area contributed by atoms with Gasteiger partial charge in [-0.05, 0) is 29.7 Å². The maximum absolute atomic E-state index is 13.1. The largest absolute Gasteiger partial charge is 0.289 e. The Bertz CT molecular complexity index is 1050. The van der Waals surface area contributed by atoms with Crippen LogP contribution in [0.3, 0.4) is 0 Å². The Morgan fingerprint density at radius 2 is 1.07 bits per heavy atom. The van der Waals surface area contributed by atoms with Gasteiger partial charge in [-0.25, -0.2) is 0 Å². The Hall–Kier alpha value is -3.52. The fraction of sp³-hybridized carbons (Fsp3) is 0.0400. The fourth-order valence-corrected chi connectivity index (χ4v) is 3.41. The van der Waals surface area contributed by atoms with E-state index in [9.17, 15) is 9.59 Å². The smallest absolute Gasteiger partial charge is 0.194 e. The van der Waals surface area contributed by atoms with E-state index in [0.717, 1.165) is 16.7 Å². The van der Waals surface area contributed by atoms with Gasteiger partial charge in [-0.3, -0.25) is 9.59 Å². The predicted molar refractivity (Wildman–Crippen MR) is 108 cm³/mol. The van der Waals surface area contributed by atoms with Crippen LogP contribution in [-0.2, 0) is 0 Å². The highest BCUT2D eigenvalue weighted by Crippen LogP contribution is 2.31. The van der Waals surface area contributed by atoms with Gasteiger partial charge in [0.05, 0.1) is 0 Å². The average molecular weight is 350 g/mol. The van der Waals surface area contributed by atoms with Crippen LogP contribution in [-0.4, -0.2) is 11.6 Å². The normalized spacial score (nSPS) is 13.4. The Morgan fingerprint density at radius 3 is 1.59 bits per heavy atom. The van der Waals surface area contributed by atoms with E-state index in [2.05, 4.69) is 0 Å². The number of Topliss-reactive ketones (excluding diaryl/α,β-unsaturated/α-hetero) is 2. The molecule has 0 saturated carbocycles. The molecule has 0 unspecified atom stereocenters. The molecule has 4 rings (SSSR count). The Labute approximate surface area is 158 Å². The minimum absolute atomic E-state index is 0.0862. The van der Waals surface area contributed by atoms with E-state index < -0.39 is 0 Å². The lowest BCUT2D eigenvalue weighted by molar-refractivity contribution is 0.0978. The maximum Gasteiger partial charge on any atom is 0.194 e. The van der Waals surface area contributed by atoms with Gasteiger partial charge in [0, 0.05) is 22.3 Å². The summed E-state index contributed by atoms with van der Waals surface area (Å²) in [6.45, 7) is 1.73. The summed E-state index contributed by atoms with van der Waals surface area (Å²) in [6, 6.07) is 26.9. The molecule has 3 aromatic carbocycles. The Kier molecular flexibility index (Phi) is 4.39. The number of fused-ring (bicyclic) bond motifs is 1. The second-order valence-electron chi connectivity index (χ2n) is 6.53. The number of allylic oxidation sites excluding steroid dienone is 3. The molecule has 0 atom stereocenters. The molecule has 3 aromatic rings. The SMILES string of the molecule is CC1=C(C=C(c2ccccc2)c2ccccc2)C(=O)c2ccccc2C1=O. The molecule has 0 aliphatic heterocycles. The molecule has 0 saturated heterocycles. The van der Waals surface area contributed by atoms with Crippen LogP contribution in [0.1, 0.15) is 38.8 Å². The topological polar surface area (TPSA) is 34.1 Å². The Morgan fingerprint density at radius 1 is 0.630 bits per heavy atom. The zero-order valence-electron chi connectivity index (χ0n) is 15.0. The molecule has 27 heavy (non-hydrogen) atoms. The van der Waals surface area contributed by atoms with Gasteiger partial charge >= 0.3 is 0 Å². The van der Waals surface area contributed by atoms with Crippen molar-refractivity contribution in [1.82, 2.24) is 0 Å². The second kappa shape index (κ2) is 7.00. The second-order valence-corrected chi connectivity index (χ2v) is 6.53. The van der Waals surface area contributed by atoms with Crippen molar-refractivity contribution in [3.05, 3.63) is 124 Å². The molecule has 0 aromatic heterocycles. The minimum Gasteiger partial charge on any atom is -0.289 e. The predicted octanol–water partition coefficient (Wildman–Crippen LogP) is 5.51. The van der Waals surface area contributed by atoms with Crippen LogP contribution < -0.4 is 0 Å². The van der Waals surface area contributed by atoms with Crippen molar-refractivity contribution < 1.29 is 9.59 Å². The first kappa shape index (κ1) is 16.9. The third-order valence-electron chi connectivity index (χ3n) is 4.86. The van der Waals surface area contributed by atoms with Crippen LogP contribution >= 0.6 is 0 Å². The molecule has 1 aliphatic carbocycles. The standard InChI is InChI=1S/C25H18O2/c1-17-22(25(27)21-15-9-8-14-20(21)24(17)26)16-23(18-10-4-2-5-11-18)19-12-6-3-7-13-19/h2-16H,1H3. The lowest BCUT2D eigenvalue weighted by atomic mass is 9.83. The van der Waals surface area contributed by atoms with Crippen LogP contribution in [0.4, 0.5) is 0 Å². The van der Waals surface area contributed by atoms with Crippen LogP contribution in [0.15, 0.2) is 102 Å². The fourth-order valence-electron chi connectivity index (χ4n) is 3.41. The number of hydrogen-bond acceptors (Lipinski definition) is 2. The number of carbonyl (C=O) groups is 2. The first-order chi connectivity index (χ1) is 13.2. The van der Waals surface area contributed by atoms with Gasteiger partial charge in [-0.15, -0.1) is 0 Å². The molecule has 0 N–H and O–H groups in total. The molecular formula is C25H18O2. The quantitative estimate of drug-likeness (QED) is 0.624. The number of benzene rings is 3. The average Bonchev–Trinajstić information content (AvgIpc) is 2.73. The van der Waals surface area contributed by atoms with E-state index in [1.165, 1.54) is 0 Å². The Balaban J connectivity index is 1.92. The van der Waals surface area contributed by atoms with Gasteiger partial charge in [0.1, 0.15) is 0 Å². The zero-order valence-corrected chi connectivity index (χ0v) is 15.0. The lowest BCUT2D eigenvalue weighted by Gasteiger charge is -2.18. The van der Waals surface area contributed by atoms with Crippen LogP contribution in [0, 0.1) is 0 Å². The van der Waals surface area contributed by atoms with Gasteiger partial charge in [0.25, 0.3) is 0 Å². The van der Waals surface area contributed by atoms with Crippen molar-refractivity contribution >= 4 is 17.1 Å². The van der Waals surface area contributed by atoms with E-state index in [1.54, 1.807) is 31.2 Å². The number of rotatable bonds is 3. The van der Waals surface area contributed by atoms with E-state index >= 15 is 0 Å². The first-order valence-corrected chi connectivity index (χ1v) is 8.88. The van der Waals surface area contributed by atoms with Crippen molar-refractivity contribution in [2.75, 3.05) is 0 Å². The summed E-state index contributed by atoms with van der Waals surface area (Å²) in [7, 11) is 0. The third kappa shape index (κ3) is 3.06. The van der Waals surface area contributed by atoms with Crippen molar-refractivity contribution in [1.29, 1.82) is 0 Å². The summed E-state index contributed by atoms with van der Waals surface area (Å²) in [5.74, 6) is -0.191. The molecule has 2 nitrogen and oxygen atoms in total. The van der Waals surface area contributed by atoms with E-state index in [0.29, 0.717) is 22.3 Å². The number of ketones is 2. The molecule has 0 amide bonds. The summed E-state index contributed by atoms with van der Waals surface area (Å²) >= 11 is 0. The highest BCUT2D eigenvalue weighted by Gasteiger charge is 2.28. The number of hydrogen-bond donors (Lipinski definition) is 0. The van der Waals surface area contributed by atoms with Crippen LogP contribution in [0.25, 0.3) is 5.57 Å². The summed E-state index contributed by atoms with van der Waals surface area (Å²) < 4.78 is 0. The third-order valence-corrected chi connectivity index (χ3v) is 4.86. The first-order valence-electron chi connectivity index (χ1n) is 8.88. The molecule has 130 valence electrons. The van der Waals surface area contributed by atoms with Gasteiger partial charge in [-0.2, -0.15) is 0 Å². The van der Waals surface area contributed by atoms with Gasteiger partial charge in [0.2, 0.25) is 0 Å². The maximum atomic E-state index is 13.1. The molecular weight excluding hydrogens is 332 g/mol. The van der Waals surface area contributed by atoms with Crippen molar-refractivity contribution in [3.63, 3.8) is 0 Å². The van der Waals surface area contributed by atoms with E-state index in [1.807, 2.05) is 66.7 Å². The minimum atomic E-state index is -0.105. The lowest BCUT2D eigenvalue weighted by Crippen LogP contribution is -2.20. The summed E-state index contributed by atoms with van der Waals surface area (Å²) in [4.78, 5) is 25.9. The molecule has 0 fully saturated rings. The summed E-state index contributed by atoms with van der Waals surface area (Å²) in [6.07, 6.45) is 1.86. The molecule has 0 bridgehead atoms. The molecule has 0 heterocycles. The van der Waals surface area contributed by atoms with Crippen molar-refractivity contribution in [3.8, 4) is 0 Å². The van der Waals surface area contributed by atoms with Gasteiger partial charge in [-0.1, -0.05) is 84.9 Å². The van der Waals surface area contributed by atoms with Crippen molar-refractivity contribution in [2.24, 2.45) is 0 Å². The van der Waals surface area contributed by atoms with Gasteiger partial charge < -0.3 is 0 Å². The highest BCUT2D eigenvalue weighted by molar-refractivity contribution is 6.28. The molecule has 1 aliphatic rings. The zero-order chi connectivity index (χ0) is 18.8. The summed E-state index contributed by atoms with van der Waals surface area (Å²) in [5.41, 5.74) is 4.83. The van der Waals surface area contributed by atoms with Crippen molar-refractivity contribution in [2.45, 2.75) is 6.92 Å².